The zero-order valence-electron chi connectivity index (χ0n) is 11.6. The van der Waals surface area contributed by atoms with Gasteiger partial charge < -0.3 is 10.2 Å². The maximum Gasteiger partial charge on any atom is 0.246 e. The summed E-state index contributed by atoms with van der Waals surface area (Å²) >= 11 is 0. The summed E-state index contributed by atoms with van der Waals surface area (Å²) < 4.78 is 0. The molecular formula is C17H18N2O. The number of aryl methyl sites for hydroxylation is 1. The van der Waals surface area contributed by atoms with Gasteiger partial charge in [0.2, 0.25) is 5.91 Å². The molecule has 1 heterocycles. The normalized spacial score (nSPS) is 13.2. The van der Waals surface area contributed by atoms with Gasteiger partial charge in [0.15, 0.2) is 0 Å². The molecular weight excluding hydrogens is 248 g/mol. The van der Waals surface area contributed by atoms with Crippen molar-refractivity contribution in [2.24, 2.45) is 0 Å². The van der Waals surface area contributed by atoms with E-state index in [-0.39, 0.29) is 5.91 Å². The second kappa shape index (κ2) is 5.37. The van der Waals surface area contributed by atoms with Gasteiger partial charge in [-0.25, -0.2) is 0 Å². The van der Waals surface area contributed by atoms with Gasteiger partial charge in [-0.05, 0) is 37.1 Å². The Morgan fingerprint density at radius 1 is 1.15 bits per heavy atom. The maximum atomic E-state index is 12.3. The van der Waals surface area contributed by atoms with Crippen LogP contribution in [0.1, 0.15) is 11.1 Å². The van der Waals surface area contributed by atoms with Gasteiger partial charge in [0, 0.05) is 17.9 Å². The van der Waals surface area contributed by atoms with Crippen LogP contribution in [-0.4, -0.2) is 19.0 Å². The van der Waals surface area contributed by atoms with Gasteiger partial charge in [0.1, 0.15) is 0 Å². The first-order valence-electron chi connectivity index (χ1n) is 6.93. The van der Waals surface area contributed by atoms with Gasteiger partial charge in [0.05, 0.1) is 6.54 Å². The van der Waals surface area contributed by atoms with Crippen LogP contribution >= 0.6 is 0 Å². The van der Waals surface area contributed by atoms with E-state index in [0.29, 0.717) is 6.54 Å². The van der Waals surface area contributed by atoms with Crippen molar-refractivity contribution in [3.05, 3.63) is 59.7 Å². The van der Waals surface area contributed by atoms with Gasteiger partial charge in [-0.15, -0.1) is 0 Å². The molecule has 1 N–H and O–H groups in total. The second-order valence-corrected chi connectivity index (χ2v) is 5.14. The van der Waals surface area contributed by atoms with Crippen LogP contribution < -0.4 is 10.2 Å². The first-order chi connectivity index (χ1) is 9.74. The predicted octanol–water partition coefficient (Wildman–Crippen LogP) is 3.00. The van der Waals surface area contributed by atoms with E-state index < -0.39 is 0 Å². The number of hydrogen-bond acceptors (Lipinski definition) is 2. The Labute approximate surface area is 119 Å². The molecule has 0 radical (unpaired) electrons. The van der Waals surface area contributed by atoms with E-state index in [9.17, 15) is 4.79 Å². The fourth-order valence-corrected chi connectivity index (χ4v) is 2.54. The average Bonchev–Trinajstić information content (AvgIpc) is 2.90. The topological polar surface area (TPSA) is 32.3 Å². The Bertz CT molecular complexity index is 619. The molecule has 0 spiro atoms. The van der Waals surface area contributed by atoms with Crippen LogP contribution in [0.4, 0.5) is 11.4 Å². The third kappa shape index (κ3) is 2.52. The number of nitrogens with zero attached hydrogens (tertiary/aromatic N) is 1. The molecule has 2 aromatic rings. The molecule has 1 aliphatic heterocycles. The van der Waals surface area contributed by atoms with Crippen molar-refractivity contribution in [1.29, 1.82) is 0 Å². The molecule has 0 aliphatic carbocycles. The Morgan fingerprint density at radius 3 is 2.70 bits per heavy atom. The highest BCUT2D eigenvalue weighted by atomic mass is 16.2. The molecule has 0 saturated heterocycles. The van der Waals surface area contributed by atoms with E-state index in [4.69, 9.17) is 0 Å². The van der Waals surface area contributed by atoms with Crippen LogP contribution in [0, 0.1) is 6.92 Å². The summed E-state index contributed by atoms with van der Waals surface area (Å²) in [4.78, 5) is 14.2. The Balaban J connectivity index is 1.65. The largest absolute Gasteiger partial charge is 0.376 e. The molecule has 0 bridgehead atoms. The summed E-state index contributed by atoms with van der Waals surface area (Å²) in [6, 6.07) is 16.2. The minimum Gasteiger partial charge on any atom is -0.376 e. The summed E-state index contributed by atoms with van der Waals surface area (Å²) in [5.74, 6) is 0.121. The number of carbonyl (C=O) groups is 1. The second-order valence-electron chi connectivity index (χ2n) is 5.14. The van der Waals surface area contributed by atoms with Crippen molar-refractivity contribution >= 4 is 17.3 Å². The van der Waals surface area contributed by atoms with Crippen molar-refractivity contribution in [3.63, 3.8) is 0 Å². The monoisotopic (exact) mass is 266 g/mol. The van der Waals surface area contributed by atoms with Gasteiger partial charge >= 0.3 is 0 Å². The quantitative estimate of drug-likeness (QED) is 0.926. The van der Waals surface area contributed by atoms with E-state index in [0.717, 1.165) is 24.3 Å². The SMILES string of the molecule is Cc1ccc(NCC(=O)N2CCc3ccccc32)cc1. The lowest BCUT2D eigenvalue weighted by Gasteiger charge is -2.18. The third-order valence-corrected chi connectivity index (χ3v) is 3.68. The van der Waals surface area contributed by atoms with Crippen molar-refractivity contribution in [3.8, 4) is 0 Å². The molecule has 2 aromatic carbocycles. The fourth-order valence-electron chi connectivity index (χ4n) is 2.54. The lowest BCUT2D eigenvalue weighted by Crippen LogP contribution is -2.34. The Hall–Kier alpha value is -2.29. The number of benzene rings is 2. The molecule has 3 heteroatoms. The van der Waals surface area contributed by atoms with Gasteiger partial charge in [0.25, 0.3) is 0 Å². The first kappa shape index (κ1) is 12.7. The molecule has 3 nitrogen and oxygen atoms in total. The Kier molecular flexibility index (Phi) is 3.42. The van der Waals surface area contributed by atoms with Gasteiger partial charge in [-0.1, -0.05) is 35.9 Å². The zero-order chi connectivity index (χ0) is 13.9. The number of fused-ring (bicyclic) bond motifs is 1. The summed E-state index contributed by atoms with van der Waals surface area (Å²) in [7, 11) is 0. The minimum absolute atomic E-state index is 0.121. The third-order valence-electron chi connectivity index (χ3n) is 3.68. The minimum atomic E-state index is 0.121. The van der Waals surface area contributed by atoms with E-state index in [1.165, 1.54) is 11.1 Å². The number of para-hydroxylation sites is 1. The Morgan fingerprint density at radius 2 is 1.90 bits per heavy atom. The first-order valence-corrected chi connectivity index (χ1v) is 6.93. The highest BCUT2D eigenvalue weighted by Crippen LogP contribution is 2.27. The summed E-state index contributed by atoms with van der Waals surface area (Å²) in [5.41, 5.74) is 4.52. The number of hydrogen-bond donors (Lipinski definition) is 1. The summed E-state index contributed by atoms with van der Waals surface area (Å²) in [6.45, 7) is 3.17. The van der Waals surface area contributed by atoms with Crippen molar-refractivity contribution in [2.45, 2.75) is 13.3 Å². The maximum absolute atomic E-state index is 12.3. The van der Waals surface area contributed by atoms with Crippen LogP contribution in [0.15, 0.2) is 48.5 Å². The van der Waals surface area contributed by atoms with Crippen LogP contribution in [-0.2, 0) is 11.2 Å². The van der Waals surface area contributed by atoms with Crippen molar-refractivity contribution in [1.82, 2.24) is 0 Å². The molecule has 1 amide bonds. The molecule has 0 saturated carbocycles. The van der Waals surface area contributed by atoms with Gasteiger partial charge in [-0.2, -0.15) is 0 Å². The van der Waals surface area contributed by atoms with Crippen LogP contribution in [0.25, 0.3) is 0 Å². The van der Waals surface area contributed by atoms with Crippen LogP contribution in [0.2, 0.25) is 0 Å². The summed E-state index contributed by atoms with van der Waals surface area (Å²) in [5, 5.41) is 3.19. The molecule has 1 aliphatic rings. The fraction of sp³-hybridized carbons (Fsp3) is 0.235. The van der Waals surface area contributed by atoms with Crippen LogP contribution in [0.3, 0.4) is 0 Å². The summed E-state index contributed by atoms with van der Waals surface area (Å²) in [6.07, 6.45) is 0.951. The highest BCUT2D eigenvalue weighted by Gasteiger charge is 2.23. The zero-order valence-corrected chi connectivity index (χ0v) is 11.6. The van der Waals surface area contributed by atoms with Crippen molar-refractivity contribution in [2.75, 3.05) is 23.3 Å². The highest BCUT2D eigenvalue weighted by molar-refractivity contribution is 5.97. The molecule has 20 heavy (non-hydrogen) atoms. The molecule has 3 rings (SSSR count). The number of carbonyl (C=O) groups excluding carboxylic acids is 1. The number of nitrogens with one attached hydrogen (secondary N) is 1. The predicted molar refractivity (Wildman–Crippen MR) is 82.2 cm³/mol. The standard InChI is InChI=1S/C17H18N2O/c1-13-6-8-15(9-7-13)18-12-17(20)19-11-10-14-4-2-3-5-16(14)19/h2-9,18H,10-12H2,1H3. The number of anilines is 2. The number of rotatable bonds is 3. The molecule has 102 valence electrons. The average molecular weight is 266 g/mol. The molecule has 0 aromatic heterocycles. The lowest BCUT2D eigenvalue weighted by molar-refractivity contribution is -0.116. The van der Waals surface area contributed by atoms with E-state index in [1.807, 2.05) is 47.4 Å². The van der Waals surface area contributed by atoms with Gasteiger partial charge in [-0.3, -0.25) is 4.79 Å². The molecule has 0 unspecified atom stereocenters. The smallest absolute Gasteiger partial charge is 0.246 e. The van der Waals surface area contributed by atoms with E-state index in [1.54, 1.807) is 0 Å². The van der Waals surface area contributed by atoms with Crippen LogP contribution in [0.5, 0.6) is 0 Å². The molecule has 0 fully saturated rings. The van der Waals surface area contributed by atoms with E-state index in [2.05, 4.69) is 18.3 Å². The van der Waals surface area contributed by atoms with E-state index >= 15 is 0 Å². The number of amides is 1. The lowest BCUT2D eigenvalue weighted by atomic mass is 10.2. The van der Waals surface area contributed by atoms with Crippen molar-refractivity contribution < 1.29 is 4.79 Å². The molecule has 0 atom stereocenters.